The van der Waals surface area contributed by atoms with E-state index in [1.807, 2.05) is 30.2 Å². The highest BCUT2D eigenvalue weighted by molar-refractivity contribution is 7.13. The quantitative estimate of drug-likeness (QED) is 0.353. The number of thiazole rings is 1. The number of imidazole rings is 2. The second kappa shape index (κ2) is 8.28. The van der Waals surface area contributed by atoms with Crippen LogP contribution >= 0.6 is 11.3 Å². The summed E-state index contributed by atoms with van der Waals surface area (Å²) >= 11 is 1.59. The second-order valence-corrected chi connectivity index (χ2v) is 8.10. The average Bonchev–Trinajstić information content (AvgIpc) is 3.53. The second-order valence-electron chi connectivity index (χ2n) is 7.20. The van der Waals surface area contributed by atoms with Crippen LogP contribution < -0.4 is 0 Å². The first-order valence-corrected chi connectivity index (χ1v) is 11.1. The summed E-state index contributed by atoms with van der Waals surface area (Å²) in [6.45, 7) is 3.65. The summed E-state index contributed by atoms with van der Waals surface area (Å²) in [7, 11) is 1.79. The number of benzene rings is 2. The highest BCUT2D eigenvalue weighted by atomic mass is 32.1. The predicted molar refractivity (Wildman–Crippen MR) is 127 cm³/mol. The molecule has 5 aromatic rings. The van der Waals surface area contributed by atoms with Crippen molar-refractivity contribution < 1.29 is 0 Å². The summed E-state index contributed by atoms with van der Waals surface area (Å²) in [4.78, 5) is 18.0. The van der Waals surface area contributed by atoms with Gasteiger partial charge in [-0.25, -0.2) is 15.0 Å². The average molecular weight is 427 g/mol. The topological polar surface area (TPSA) is 60.9 Å². The van der Waals surface area contributed by atoms with Gasteiger partial charge in [-0.2, -0.15) is 0 Å². The maximum Gasteiger partial charge on any atom is 0.169 e. The molecule has 0 atom stereocenters. The van der Waals surface area contributed by atoms with E-state index in [0.717, 1.165) is 39.8 Å². The van der Waals surface area contributed by atoms with Crippen molar-refractivity contribution >= 4 is 28.6 Å². The van der Waals surface area contributed by atoms with Crippen LogP contribution in [0.3, 0.4) is 0 Å². The maximum absolute atomic E-state index is 4.94. The summed E-state index contributed by atoms with van der Waals surface area (Å²) in [6.07, 6.45) is 7.49. The van der Waals surface area contributed by atoms with Gasteiger partial charge in [0.05, 0.1) is 17.6 Å². The molecule has 6 nitrogen and oxygen atoms in total. The van der Waals surface area contributed by atoms with E-state index in [1.54, 1.807) is 18.4 Å². The molecule has 7 heteroatoms. The number of aromatic nitrogens is 5. The largest absolute Gasteiger partial charge is 0.327 e. The Morgan fingerprint density at radius 1 is 1.06 bits per heavy atom. The number of fused-ring (bicyclic) bond motifs is 1. The van der Waals surface area contributed by atoms with Gasteiger partial charge in [0.25, 0.3) is 0 Å². The fraction of sp³-hybridized carbons (Fsp3) is 0.167. The third-order valence-electron chi connectivity index (χ3n) is 5.29. The Bertz CT molecular complexity index is 1360. The molecular weight excluding hydrogens is 404 g/mol. The van der Waals surface area contributed by atoms with Crippen LogP contribution in [0.1, 0.15) is 18.3 Å². The lowest BCUT2D eigenvalue weighted by atomic mass is 10.0. The first-order chi connectivity index (χ1) is 15.3. The Labute approximate surface area is 184 Å². The number of aliphatic imine (C=N–C) groups is 1. The van der Waals surface area contributed by atoms with Gasteiger partial charge in [-0.15, -0.1) is 11.3 Å². The summed E-state index contributed by atoms with van der Waals surface area (Å²) in [6, 6.07) is 14.9. The van der Waals surface area contributed by atoms with Crippen LogP contribution in [0.25, 0.3) is 33.0 Å². The minimum absolute atomic E-state index is 0.648. The third-order valence-corrected chi connectivity index (χ3v) is 6.06. The van der Waals surface area contributed by atoms with Gasteiger partial charge in [0, 0.05) is 43.8 Å². The maximum atomic E-state index is 4.94. The molecule has 0 unspecified atom stereocenters. The molecule has 0 aliphatic rings. The molecule has 0 amide bonds. The van der Waals surface area contributed by atoms with E-state index in [1.165, 1.54) is 11.1 Å². The van der Waals surface area contributed by atoms with Gasteiger partial charge in [0.1, 0.15) is 5.82 Å². The highest BCUT2D eigenvalue weighted by Crippen LogP contribution is 2.27. The van der Waals surface area contributed by atoms with Gasteiger partial charge in [-0.1, -0.05) is 24.3 Å². The Morgan fingerprint density at radius 3 is 2.77 bits per heavy atom. The van der Waals surface area contributed by atoms with Crippen LogP contribution in [0.2, 0.25) is 0 Å². The summed E-state index contributed by atoms with van der Waals surface area (Å²) in [5, 5.41) is 2.89. The third kappa shape index (κ3) is 3.68. The van der Waals surface area contributed by atoms with Gasteiger partial charge >= 0.3 is 0 Å². The van der Waals surface area contributed by atoms with Crippen molar-refractivity contribution in [3.8, 4) is 22.0 Å². The van der Waals surface area contributed by atoms with E-state index >= 15 is 0 Å². The molecule has 2 aromatic carbocycles. The van der Waals surface area contributed by atoms with Crippen molar-refractivity contribution in [2.45, 2.75) is 20.0 Å². The minimum atomic E-state index is 0.648. The van der Waals surface area contributed by atoms with Crippen LogP contribution in [-0.4, -0.2) is 37.3 Å². The molecule has 0 aliphatic heterocycles. The monoisotopic (exact) mass is 426 g/mol. The number of aryl methyl sites for hydroxylation is 1. The van der Waals surface area contributed by atoms with E-state index in [4.69, 9.17) is 4.98 Å². The number of nitrogens with zero attached hydrogens (tertiary/aromatic N) is 6. The van der Waals surface area contributed by atoms with Crippen LogP contribution in [0, 0.1) is 0 Å². The predicted octanol–water partition coefficient (Wildman–Crippen LogP) is 5.14. The number of hydrogen-bond donors (Lipinski definition) is 0. The summed E-state index contributed by atoms with van der Waals surface area (Å²) < 4.78 is 4.39. The van der Waals surface area contributed by atoms with Crippen LogP contribution in [0.4, 0.5) is 0 Å². The van der Waals surface area contributed by atoms with Gasteiger partial charge in [0.15, 0.2) is 10.8 Å². The lowest BCUT2D eigenvalue weighted by Crippen LogP contribution is -2.08. The molecule has 0 spiro atoms. The molecule has 5 rings (SSSR count). The molecule has 0 N–H and O–H groups in total. The van der Waals surface area contributed by atoms with Gasteiger partial charge < -0.3 is 9.13 Å². The minimum Gasteiger partial charge on any atom is -0.327 e. The van der Waals surface area contributed by atoms with E-state index in [2.05, 4.69) is 73.5 Å². The Kier molecular flexibility index (Phi) is 5.18. The molecule has 3 aromatic heterocycles. The van der Waals surface area contributed by atoms with Crippen LogP contribution in [-0.2, 0) is 13.1 Å². The van der Waals surface area contributed by atoms with Gasteiger partial charge in [-0.3, -0.25) is 4.99 Å². The first-order valence-electron chi connectivity index (χ1n) is 10.2. The Balaban J connectivity index is 1.54. The number of rotatable bonds is 6. The van der Waals surface area contributed by atoms with E-state index in [0.29, 0.717) is 6.54 Å². The fourth-order valence-electron chi connectivity index (χ4n) is 3.89. The van der Waals surface area contributed by atoms with E-state index in [9.17, 15) is 0 Å². The lowest BCUT2D eigenvalue weighted by molar-refractivity contribution is 0.667. The van der Waals surface area contributed by atoms with Crippen molar-refractivity contribution in [1.82, 2.24) is 24.1 Å². The fourth-order valence-corrected chi connectivity index (χ4v) is 4.54. The molecule has 0 saturated carbocycles. The zero-order valence-electron chi connectivity index (χ0n) is 17.4. The smallest absolute Gasteiger partial charge is 0.169 e. The van der Waals surface area contributed by atoms with Gasteiger partial charge in [0.2, 0.25) is 0 Å². The standard InChI is InChI=1S/C24H22N6S/c1-3-30-21-14-19(18-6-4-5-17(13-18)15-25-2)7-8-20(21)28-22(30)16-29-11-9-26-23(29)24-27-10-12-31-24/h4-15H,3,16H2,1-2H3. The van der Waals surface area contributed by atoms with Crippen molar-refractivity contribution in [3.05, 3.63) is 77.8 Å². The van der Waals surface area contributed by atoms with E-state index in [-0.39, 0.29) is 0 Å². The van der Waals surface area contributed by atoms with Crippen molar-refractivity contribution in [2.24, 2.45) is 4.99 Å². The SMILES string of the molecule is CCn1c(Cn2ccnc2-c2nccs2)nc2ccc(-c3cccc(C=NC)c3)cc21. The Hall–Kier alpha value is -3.58. The molecular formula is C24H22N6S. The van der Waals surface area contributed by atoms with Crippen LogP contribution in [0.5, 0.6) is 0 Å². The summed E-state index contributed by atoms with van der Waals surface area (Å²) in [5.74, 6) is 1.89. The molecule has 154 valence electrons. The Morgan fingerprint density at radius 2 is 1.97 bits per heavy atom. The molecule has 0 fully saturated rings. The molecule has 31 heavy (non-hydrogen) atoms. The molecule has 0 bridgehead atoms. The first kappa shape index (κ1) is 19.4. The van der Waals surface area contributed by atoms with E-state index < -0.39 is 0 Å². The molecule has 0 radical (unpaired) electrons. The molecule has 3 heterocycles. The summed E-state index contributed by atoms with van der Waals surface area (Å²) in [5.41, 5.74) is 5.58. The van der Waals surface area contributed by atoms with Crippen molar-refractivity contribution in [2.75, 3.05) is 7.05 Å². The lowest BCUT2D eigenvalue weighted by Gasteiger charge is -2.09. The zero-order valence-corrected chi connectivity index (χ0v) is 18.3. The van der Waals surface area contributed by atoms with Gasteiger partial charge in [-0.05, 0) is 41.8 Å². The van der Waals surface area contributed by atoms with Crippen molar-refractivity contribution in [3.63, 3.8) is 0 Å². The molecule has 0 aliphatic carbocycles. The van der Waals surface area contributed by atoms with Crippen LogP contribution in [0.15, 0.2) is 71.4 Å². The zero-order chi connectivity index (χ0) is 21.2. The normalized spacial score (nSPS) is 11.7. The van der Waals surface area contributed by atoms with Crippen molar-refractivity contribution in [1.29, 1.82) is 0 Å². The highest BCUT2D eigenvalue weighted by Gasteiger charge is 2.15. The number of hydrogen-bond acceptors (Lipinski definition) is 5. The molecule has 0 saturated heterocycles.